The molecule has 0 aliphatic heterocycles. The van der Waals surface area contributed by atoms with Crippen molar-refractivity contribution in [3.63, 3.8) is 0 Å². The van der Waals surface area contributed by atoms with Gasteiger partial charge in [-0.2, -0.15) is 0 Å². The molecular weight excluding hydrogens is 328 g/mol. The first kappa shape index (κ1) is 14.7. The molecule has 1 aromatic rings. The largest absolute Gasteiger partial charge is 0.293 e. The Kier molecular flexibility index (Phi) is 4.46. The molecular formula is C14H17BrO3S. The van der Waals surface area contributed by atoms with Crippen LogP contribution in [0.15, 0.2) is 28.7 Å². The summed E-state index contributed by atoms with van der Waals surface area (Å²) in [5.74, 6) is -0.306. The molecule has 1 atom stereocenters. The fourth-order valence-electron chi connectivity index (χ4n) is 2.50. The lowest BCUT2D eigenvalue weighted by atomic mass is 10.1. The van der Waals surface area contributed by atoms with Crippen LogP contribution in [0.1, 0.15) is 43.0 Å². The van der Waals surface area contributed by atoms with E-state index in [0.717, 1.165) is 17.3 Å². The van der Waals surface area contributed by atoms with Crippen molar-refractivity contribution in [3.8, 4) is 0 Å². The predicted molar refractivity (Wildman–Crippen MR) is 79.1 cm³/mol. The third-order valence-electron chi connectivity index (χ3n) is 3.76. The summed E-state index contributed by atoms with van der Waals surface area (Å²) in [6.45, 7) is 1.51. The molecule has 0 saturated heterocycles. The minimum atomic E-state index is -3.36. The highest BCUT2D eigenvalue weighted by Crippen LogP contribution is 2.28. The van der Waals surface area contributed by atoms with E-state index < -0.39 is 15.1 Å². The van der Waals surface area contributed by atoms with E-state index in [1.807, 2.05) is 0 Å². The first-order chi connectivity index (χ1) is 8.93. The van der Waals surface area contributed by atoms with Gasteiger partial charge in [0.05, 0.1) is 5.25 Å². The number of carbonyl (C=O) groups is 1. The summed E-state index contributed by atoms with van der Waals surface area (Å²) >= 11 is 3.30. The van der Waals surface area contributed by atoms with E-state index in [1.165, 1.54) is 6.92 Å². The van der Waals surface area contributed by atoms with Crippen LogP contribution in [-0.2, 0) is 9.84 Å². The molecule has 0 aromatic heterocycles. The van der Waals surface area contributed by atoms with Gasteiger partial charge in [0.15, 0.2) is 15.6 Å². The molecule has 1 aliphatic rings. The average molecular weight is 345 g/mol. The SMILES string of the molecule is CC(C(=O)c1ccc(Br)cc1)S(=O)(=O)C1CCCC1. The normalized spacial score (nSPS) is 18.4. The first-order valence-corrected chi connectivity index (χ1v) is 8.85. The molecule has 0 N–H and O–H groups in total. The topological polar surface area (TPSA) is 51.2 Å². The smallest absolute Gasteiger partial charge is 0.180 e. The number of hydrogen-bond donors (Lipinski definition) is 0. The quantitative estimate of drug-likeness (QED) is 0.786. The van der Waals surface area contributed by atoms with E-state index in [-0.39, 0.29) is 11.0 Å². The van der Waals surface area contributed by atoms with Crippen LogP contribution in [0.4, 0.5) is 0 Å². The van der Waals surface area contributed by atoms with Gasteiger partial charge in [0.1, 0.15) is 5.25 Å². The Balaban J connectivity index is 2.21. The molecule has 5 heteroatoms. The van der Waals surface area contributed by atoms with Gasteiger partial charge in [0, 0.05) is 10.0 Å². The zero-order valence-electron chi connectivity index (χ0n) is 10.8. The van der Waals surface area contributed by atoms with Gasteiger partial charge in [-0.25, -0.2) is 8.42 Å². The first-order valence-electron chi connectivity index (χ1n) is 6.45. The fraction of sp³-hybridized carbons (Fsp3) is 0.500. The van der Waals surface area contributed by atoms with E-state index in [2.05, 4.69) is 15.9 Å². The van der Waals surface area contributed by atoms with Crippen molar-refractivity contribution in [2.24, 2.45) is 0 Å². The second kappa shape index (κ2) is 5.75. The third kappa shape index (κ3) is 3.08. The summed E-state index contributed by atoms with van der Waals surface area (Å²) in [6, 6.07) is 6.82. The number of sulfone groups is 1. The molecule has 1 aliphatic carbocycles. The zero-order chi connectivity index (χ0) is 14.0. The van der Waals surface area contributed by atoms with Gasteiger partial charge in [-0.1, -0.05) is 40.9 Å². The van der Waals surface area contributed by atoms with Gasteiger partial charge in [0.2, 0.25) is 0 Å². The highest BCUT2D eigenvalue weighted by Gasteiger charge is 2.37. The summed E-state index contributed by atoms with van der Waals surface area (Å²) in [5.41, 5.74) is 0.456. The van der Waals surface area contributed by atoms with Crippen molar-refractivity contribution in [3.05, 3.63) is 34.3 Å². The predicted octanol–water partition coefficient (Wildman–Crippen LogP) is 3.38. The standard InChI is InChI=1S/C14H17BrO3S/c1-10(19(17,18)13-4-2-3-5-13)14(16)11-6-8-12(15)9-7-11/h6-10,13H,2-5H2,1H3. The van der Waals surface area contributed by atoms with Crippen molar-refractivity contribution in [2.75, 3.05) is 0 Å². The Bertz CT molecular complexity index is 557. The van der Waals surface area contributed by atoms with Crippen LogP contribution >= 0.6 is 15.9 Å². The Hall–Kier alpha value is -0.680. The molecule has 0 bridgehead atoms. The minimum absolute atomic E-state index is 0.306. The van der Waals surface area contributed by atoms with Gasteiger partial charge < -0.3 is 0 Å². The lowest BCUT2D eigenvalue weighted by Gasteiger charge is -2.17. The van der Waals surface area contributed by atoms with Crippen LogP contribution in [0.2, 0.25) is 0 Å². The van der Waals surface area contributed by atoms with Crippen LogP contribution in [0.25, 0.3) is 0 Å². The van der Waals surface area contributed by atoms with Crippen molar-refractivity contribution in [1.82, 2.24) is 0 Å². The number of benzene rings is 1. The van der Waals surface area contributed by atoms with Gasteiger partial charge in [-0.3, -0.25) is 4.79 Å². The van der Waals surface area contributed by atoms with Gasteiger partial charge >= 0.3 is 0 Å². The molecule has 1 saturated carbocycles. The lowest BCUT2D eigenvalue weighted by molar-refractivity contribution is 0.0991. The fourth-order valence-corrected chi connectivity index (χ4v) is 4.77. The van der Waals surface area contributed by atoms with Crippen LogP contribution in [0, 0.1) is 0 Å². The number of ketones is 1. The second-order valence-corrected chi connectivity index (χ2v) is 8.48. The molecule has 0 amide bonds. The number of hydrogen-bond acceptors (Lipinski definition) is 3. The monoisotopic (exact) mass is 344 g/mol. The molecule has 0 heterocycles. The van der Waals surface area contributed by atoms with Crippen molar-refractivity contribution < 1.29 is 13.2 Å². The molecule has 1 fully saturated rings. The highest BCUT2D eigenvalue weighted by atomic mass is 79.9. The summed E-state index contributed by atoms with van der Waals surface area (Å²) in [4.78, 5) is 12.3. The van der Waals surface area contributed by atoms with Crippen molar-refractivity contribution >= 4 is 31.6 Å². The third-order valence-corrected chi connectivity index (χ3v) is 6.89. The van der Waals surface area contributed by atoms with E-state index >= 15 is 0 Å². The van der Waals surface area contributed by atoms with Crippen molar-refractivity contribution in [2.45, 2.75) is 43.1 Å². The van der Waals surface area contributed by atoms with E-state index in [9.17, 15) is 13.2 Å². The summed E-state index contributed by atoms with van der Waals surface area (Å²) in [7, 11) is -3.36. The maximum atomic E-state index is 12.4. The van der Waals surface area contributed by atoms with Crippen LogP contribution in [0.5, 0.6) is 0 Å². The second-order valence-electron chi connectivity index (χ2n) is 5.01. The lowest BCUT2D eigenvalue weighted by Crippen LogP contribution is -2.34. The van der Waals surface area contributed by atoms with Gasteiger partial charge in [-0.15, -0.1) is 0 Å². The minimum Gasteiger partial charge on any atom is -0.293 e. The van der Waals surface area contributed by atoms with E-state index in [4.69, 9.17) is 0 Å². The van der Waals surface area contributed by atoms with Crippen LogP contribution in [-0.4, -0.2) is 24.7 Å². The van der Waals surface area contributed by atoms with Crippen LogP contribution in [0.3, 0.4) is 0 Å². The Labute approximate surface area is 122 Å². The highest BCUT2D eigenvalue weighted by molar-refractivity contribution is 9.10. The van der Waals surface area contributed by atoms with Gasteiger partial charge in [-0.05, 0) is 31.9 Å². The molecule has 1 aromatic carbocycles. The Morgan fingerprint density at radius 2 is 1.74 bits per heavy atom. The number of Topliss-reactive ketones (excluding diaryl/α,β-unsaturated/α-hetero) is 1. The molecule has 0 radical (unpaired) electrons. The molecule has 2 rings (SSSR count). The summed E-state index contributed by atoms with van der Waals surface area (Å²) in [5, 5.41) is -1.28. The Morgan fingerprint density at radius 3 is 2.26 bits per heavy atom. The number of rotatable bonds is 4. The molecule has 1 unspecified atom stereocenters. The van der Waals surface area contributed by atoms with Crippen LogP contribution < -0.4 is 0 Å². The maximum absolute atomic E-state index is 12.4. The van der Waals surface area contributed by atoms with E-state index in [0.29, 0.717) is 18.4 Å². The summed E-state index contributed by atoms with van der Waals surface area (Å²) < 4.78 is 25.6. The van der Waals surface area contributed by atoms with Gasteiger partial charge in [0.25, 0.3) is 0 Å². The number of carbonyl (C=O) groups excluding carboxylic acids is 1. The summed E-state index contributed by atoms with van der Waals surface area (Å²) in [6.07, 6.45) is 3.28. The molecule has 0 spiro atoms. The molecule has 3 nitrogen and oxygen atoms in total. The van der Waals surface area contributed by atoms with Crippen molar-refractivity contribution in [1.29, 1.82) is 0 Å². The zero-order valence-corrected chi connectivity index (χ0v) is 13.2. The number of halogens is 1. The average Bonchev–Trinajstić information content (AvgIpc) is 2.92. The molecule has 19 heavy (non-hydrogen) atoms. The maximum Gasteiger partial charge on any atom is 0.180 e. The Morgan fingerprint density at radius 1 is 1.21 bits per heavy atom. The van der Waals surface area contributed by atoms with E-state index in [1.54, 1.807) is 24.3 Å². The molecule has 104 valence electrons.